The van der Waals surface area contributed by atoms with Crippen LogP contribution >= 0.6 is 11.3 Å². The smallest absolute Gasteiger partial charge is 0.248 e. The second kappa shape index (κ2) is 8.59. The molecule has 0 bridgehead atoms. The Labute approximate surface area is 212 Å². The van der Waals surface area contributed by atoms with Crippen LogP contribution in [-0.4, -0.2) is 10.2 Å². The van der Waals surface area contributed by atoms with E-state index in [0.717, 1.165) is 22.3 Å². The number of hydrogen-bond donors (Lipinski definition) is 0. The monoisotopic (exact) mass is 480 g/mol. The van der Waals surface area contributed by atoms with Gasteiger partial charge in [0.05, 0.1) is 0 Å². The van der Waals surface area contributed by atoms with Gasteiger partial charge in [0.25, 0.3) is 0 Å². The van der Waals surface area contributed by atoms with Crippen LogP contribution in [0.1, 0.15) is 0 Å². The summed E-state index contributed by atoms with van der Waals surface area (Å²) in [6.07, 6.45) is 0. The zero-order valence-electron chi connectivity index (χ0n) is 19.3. The highest BCUT2D eigenvalue weighted by molar-refractivity contribution is 7.26. The molecule has 0 fully saturated rings. The van der Waals surface area contributed by atoms with Gasteiger partial charge in [0.15, 0.2) is 0 Å². The minimum atomic E-state index is 0.516. The molecule has 0 aliphatic rings. The highest BCUT2D eigenvalue weighted by atomic mass is 32.1. The van der Waals surface area contributed by atoms with Crippen molar-refractivity contribution < 1.29 is 4.42 Å². The highest BCUT2D eigenvalue weighted by Crippen LogP contribution is 2.40. The van der Waals surface area contributed by atoms with Crippen molar-refractivity contribution in [1.82, 2.24) is 10.2 Å². The minimum Gasteiger partial charge on any atom is -0.416 e. The molecule has 0 aliphatic carbocycles. The molecule has 4 heteroatoms. The van der Waals surface area contributed by atoms with E-state index in [1.54, 1.807) is 0 Å². The lowest BCUT2D eigenvalue weighted by Crippen LogP contribution is -1.84. The Hall–Kier alpha value is -4.54. The second-order valence-electron chi connectivity index (χ2n) is 8.72. The fourth-order valence-electron chi connectivity index (χ4n) is 4.71. The topological polar surface area (TPSA) is 38.9 Å². The molecular weight excluding hydrogens is 460 g/mol. The molecule has 7 rings (SSSR count). The molecule has 7 aromatic rings. The molecule has 170 valence electrons. The standard InChI is InChI=1S/C32H20N2OS/c1-2-9-21(10-3-1)31-33-34-32(35-31)25-14-7-12-23(20-25)22-11-6-13-24(19-22)26-16-8-17-28-27-15-4-5-18-29(27)36-30(26)28/h1-20H. The van der Waals surface area contributed by atoms with Gasteiger partial charge in [-0.15, -0.1) is 21.5 Å². The summed E-state index contributed by atoms with van der Waals surface area (Å²) in [6, 6.07) is 42.1. The van der Waals surface area contributed by atoms with Crippen LogP contribution in [0.2, 0.25) is 0 Å². The predicted octanol–water partition coefficient (Wildman–Crippen LogP) is 9.11. The number of aromatic nitrogens is 2. The van der Waals surface area contributed by atoms with E-state index in [4.69, 9.17) is 4.42 Å². The summed E-state index contributed by atoms with van der Waals surface area (Å²) in [4.78, 5) is 0. The normalized spacial score (nSPS) is 11.3. The molecular formula is C32H20N2OS. The first kappa shape index (κ1) is 20.8. The van der Waals surface area contributed by atoms with E-state index in [1.165, 1.54) is 31.3 Å². The van der Waals surface area contributed by atoms with Gasteiger partial charge < -0.3 is 4.42 Å². The lowest BCUT2D eigenvalue weighted by molar-refractivity contribution is 0.584. The first-order chi connectivity index (χ1) is 17.8. The summed E-state index contributed by atoms with van der Waals surface area (Å²) in [6.45, 7) is 0. The fourth-order valence-corrected chi connectivity index (χ4v) is 5.95. The summed E-state index contributed by atoms with van der Waals surface area (Å²) in [7, 11) is 0. The lowest BCUT2D eigenvalue weighted by atomic mass is 9.97. The van der Waals surface area contributed by atoms with E-state index in [-0.39, 0.29) is 0 Å². The highest BCUT2D eigenvalue weighted by Gasteiger charge is 2.13. The zero-order chi connectivity index (χ0) is 23.9. The van der Waals surface area contributed by atoms with Crippen LogP contribution in [0.3, 0.4) is 0 Å². The van der Waals surface area contributed by atoms with Gasteiger partial charge in [-0.25, -0.2) is 0 Å². The Balaban J connectivity index is 1.28. The van der Waals surface area contributed by atoms with Gasteiger partial charge in [-0.1, -0.05) is 84.9 Å². The summed E-state index contributed by atoms with van der Waals surface area (Å²) in [5, 5.41) is 11.2. The van der Waals surface area contributed by atoms with Crippen LogP contribution in [0.15, 0.2) is 126 Å². The predicted molar refractivity (Wildman–Crippen MR) is 149 cm³/mol. The Bertz CT molecular complexity index is 1850. The number of thiophene rings is 1. The van der Waals surface area contributed by atoms with E-state index in [9.17, 15) is 0 Å². The molecule has 2 aromatic heterocycles. The third-order valence-corrected chi connectivity index (χ3v) is 7.69. The largest absolute Gasteiger partial charge is 0.416 e. The Morgan fingerprint density at radius 1 is 0.472 bits per heavy atom. The quantitative estimate of drug-likeness (QED) is 0.252. The number of fused-ring (bicyclic) bond motifs is 3. The van der Waals surface area contributed by atoms with Crippen molar-refractivity contribution in [1.29, 1.82) is 0 Å². The van der Waals surface area contributed by atoms with Crippen molar-refractivity contribution in [2.75, 3.05) is 0 Å². The Morgan fingerprint density at radius 2 is 1.06 bits per heavy atom. The minimum absolute atomic E-state index is 0.516. The summed E-state index contributed by atoms with van der Waals surface area (Å²) in [5.74, 6) is 1.04. The van der Waals surface area contributed by atoms with Gasteiger partial charge in [0, 0.05) is 31.3 Å². The maximum atomic E-state index is 6.00. The number of rotatable bonds is 4. The van der Waals surface area contributed by atoms with Gasteiger partial charge in [-0.2, -0.15) is 0 Å². The molecule has 0 N–H and O–H groups in total. The molecule has 0 spiro atoms. The molecule has 0 saturated carbocycles. The van der Waals surface area contributed by atoms with Crippen molar-refractivity contribution in [2.45, 2.75) is 0 Å². The first-order valence-corrected chi connectivity index (χ1v) is 12.7. The molecule has 0 unspecified atom stereocenters. The fraction of sp³-hybridized carbons (Fsp3) is 0. The maximum Gasteiger partial charge on any atom is 0.248 e. The summed E-state index contributed by atoms with van der Waals surface area (Å²) < 4.78 is 8.64. The molecule has 0 aliphatic heterocycles. The molecule has 3 nitrogen and oxygen atoms in total. The summed E-state index contributed by atoms with van der Waals surface area (Å²) >= 11 is 1.86. The van der Waals surface area contributed by atoms with E-state index in [2.05, 4.69) is 89.1 Å². The van der Waals surface area contributed by atoms with Crippen molar-refractivity contribution >= 4 is 31.5 Å². The van der Waals surface area contributed by atoms with Gasteiger partial charge in [0.1, 0.15) is 0 Å². The molecule has 36 heavy (non-hydrogen) atoms. The molecule has 0 atom stereocenters. The van der Waals surface area contributed by atoms with Gasteiger partial charge >= 0.3 is 0 Å². The van der Waals surface area contributed by atoms with Gasteiger partial charge in [-0.3, -0.25) is 0 Å². The van der Waals surface area contributed by atoms with Crippen LogP contribution in [0.5, 0.6) is 0 Å². The number of benzene rings is 5. The van der Waals surface area contributed by atoms with E-state index < -0.39 is 0 Å². The molecule has 0 saturated heterocycles. The van der Waals surface area contributed by atoms with Crippen LogP contribution in [0.4, 0.5) is 0 Å². The Kier molecular flexibility index (Phi) is 4.97. The van der Waals surface area contributed by atoms with E-state index in [1.807, 2.05) is 53.8 Å². The number of hydrogen-bond acceptors (Lipinski definition) is 4. The SMILES string of the molecule is c1ccc(-c2nnc(-c3cccc(-c4cccc(-c5cccc6c5sc5ccccc56)c4)c3)o2)cc1. The van der Waals surface area contributed by atoms with Crippen molar-refractivity contribution in [2.24, 2.45) is 0 Å². The van der Waals surface area contributed by atoms with E-state index >= 15 is 0 Å². The van der Waals surface area contributed by atoms with Gasteiger partial charge in [0.2, 0.25) is 11.8 Å². The maximum absolute atomic E-state index is 6.00. The summed E-state index contributed by atoms with van der Waals surface area (Å²) in [5.41, 5.74) is 6.54. The van der Waals surface area contributed by atoms with Crippen molar-refractivity contribution in [3.63, 3.8) is 0 Å². The van der Waals surface area contributed by atoms with Crippen molar-refractivity contribution in [3.05, 3.63) is 121 Å². The van der Waals surface area contributed by atoms with Crippen LogP contribution < -0.4 is 0 Å². The molecule has 5 aromatic carbocycles. The average Bonchev–Trinajstić information content (AvgIpc) is 3.59. The number of nitrogens with zero attached hydrogens (tertiary/aromatic N) is 2. The van der Waals surface area contributed by atoms with Crippen LogP contribution in [0.25, 0.3) is 65.3 Å². The third-order valence-electron chi connectivity index (χ3n) is 6.47. The first-order valence-electron chi connectivity index (χ1n) is 11.8. The molecule has 0 amide bonds. The lowest BCUT2D eigenvalue weighted by Gasteiger charge is -2.08. The molecule has 0 radical (unpaired) electrons. The van der Waals surface area contributed by atoms with E-state index in [0.29, 0.717) is 11.8 Å². The Morgan fingerprint density at radius 3 is 1.89 bits per heavy atom. The zero-order valence-corrected chi connectivity index (χ0v) is 20.1. The average molecular weight is 481 g/mol. The molecule has 2 heterocycles. The van der Waals surface area contributed by atoms with Crippen LogP contribution in [0, 0.1) is 0 Å². The third kappa shape index (κ3) is 3.60. The second-order valence-corrected chi connectivity index (χ2v) is 9.77. The van der Waals surface area contributed by atoms with Crippen molar-refractivity contribution in [3.8, 4) is 45.2 Å². The van der Waals surface area contributed by atoms with Gasteiger partial charge in [-0.05, 0) is 58.7 Å². The van der Waals surface area contributed by atoms with Crippen LogP contribution in [-0.2, 0) is 0 Å².